The molecule has 0 saturated carbocycles. The number of hydrogen-bond donors (Lipinski definition) is 0. The summed E-state index contributed by atoms with van der Waals surface area (Å²) in [5.41, 5.74) is 0.525. The Morgan fingerprint density at radius 2 is 1.65 bits per heavy atom. The van der Waals surface area contributed by atoms with Crippen molar-refractivity contribution < 1.29 is 13.5 Å². The zero-order chi connectivity index (χ0) is 18.5. The van der Waals surface area contributed by atoms with Gasteiger partial charge < -0.3 is 4.74 Å². The Balaban J connectivity index is 2.01. The van der Waals surface area contributed by atoms with Crippen LogP contribution in [-0.2, 0) is 5.92 Å². The Kier molecular flexibility index (Phi) is 3.58. The highest BCUT2D eigenvalue weighted by Gasteiger charge is 2.52. The van der Waals surface area contributed by atoms with Crippen molar-refractivity contribution in [3.8, 4) is 5.75 Å². The maximum Gasteiger partial charge on any atom is 0.297 e. The van der Waals surface area contributed by atoms with Gasteiger partial charge in [-0.1, -0.05) is 36.4 Å². The largest absolute Gasteiger partial charge is 0.496 e. The number of fused-ring (bicyclic) bond motifs is 2. The van der Waals surface area contributed by atoms with E-state index < -0.39 is 11.5 Å². The lowest BCUT2D eigenvalue weighted by Crippen LogP contribution is -2.44. The smallest absolute Gasteiger partial charge is 0.297 e. The number of alkyl halides is 2. The minimum atomic E-state index is -3.06. The zero-order valence-corrected chi connectivity index (χ0v) is 14.8. The Morgan fingerprint density at radius 3 is 2.42 bits per heavy atom. The summed E-state index contributed by atoms with van der Waals surface area (Å²) in [7, 11) is 1.58. The molecule has 0 bridgehead atoms. The van der Waals surface area contributed by atoms with Crippen molar-refractivity contribution in [2.45, 2.75) is 25.3 Å². The van der Waals surface area contributed by atoms with Crippen LogP contribution in [0.1, 0.15) is 30.7 Å². The number of benzene rings is 2. The van der Waals surface area contributed by atoms with E-state index in [0.29, 0.717) is 22.7 Å². The average Bonchev–Trinajstić information content (AvgIpc) is 2.64. The van der Waals surface area contributed by atoms with E-state index in [0.717, 1.165) is 10.9 Å². The molecule has 26 heavy (non-hydrogen) atoms. The first-order valence-corrected chi connectivity index (χ1v) is 8.37. The molecule has 2 heterocycles. The van der Waals surface area contributed by atoms with Crippen LogP contribution in [0.3, 0.4) is 0 Å². The van der Waals surface area contributed by atoms with Crippen molar-refractivity contribution in [1.29, 1.82) is 0 Å². The molecule has 0 saturated heterocycles. The molecule has 0 spiro atoms. The number of rotatable bonds is 2. The SMILES string of the molecule is COc1cc(C2=NC(C)(C)C(F)(F)c3ccccc32)nc2ccccc12. The normalized spacial score (nSPS) is 17.5. The number of aromatic nitrogens is 1. The third-order valence-corrected chi connectivity index (χ3v) is 4.82. The molecule has 0 N–H and O–H groups in total. The van der Waals surface area contributed by atoms with E-state index >= 15 is 0 Å². The van der Waals surface area contributed by atoms with E-state index in [1.807, 2.05) is 24.3 Å². The lowest BCUT2D eigenvalue weighted by atomic mass is 9.82. The maximum absolute atomic E-state index is 14.9. The Hall–Kier alpha value is -2.82. The van der Waals surface area contributed by atoms with Gasteiger partial charge in [0, 0.05) is 22.6 Å². The maximum atomic E-state index is 14.9. The number of aliphatic imine (C=N–C) groups is 1. The number of ether oxygens (including phenoxy) is 1. The van der Waals surface area contributed by atoms with Gasteiger partial charge in [0.15, 0.2) is 0 Å². The van der Waals surface area contributed by atoms with E-state index in [9.17, 15) is 8.78 Å². The molecule has 5 heteroatoms. The average molecular weight is 352 g/mol. The van der Waals surface area contributed by atoms with Crippen molar-refractivity contribution in [3.05, 3.63) is 71.4 Å². The van der Waals surface area contributed by atoms with Gasteiger partial charge in [-0.15, -0.1) is 0 Å². The molecule has 3 nitrogen and oxygen atoms in total. The van der Waals surface area contributed by atoms with Crippen LogP contribution in [0.25, 0.3) is 10.9 Å². The molecule has 1 aliphatic heterocycles. The summed E-state index contributed by atoms with van der Waals surface area (Å²) in [4.78, 5) is 9.07. The number of hydrogen-bond acceptors (Lipinski definition) is 3. The number of halogens is 2. The minimum Gasteiger partial charge on any atom is -0.496 e. The second kappa shape index (κ2) is 5.59. The van der Waals surface area contributed by atoms with Gasteiger partial charge in [-0.2, -0.15) is 8.78 Å². The van der Waals surface area contributed by atoms with Crippen molar-refractivity contribution in [2.24, 2.45) is 4.99 Å². The molecule has 1 aromatic heterocycles. The van der Waals surface area contributed by atoms with Crippen molar-refractivity contribution in [3.63, 3.8) is 0 Å². The minimum absolute atomic E-state index is 0.0241. The number of nitrogens with zero attached hydrogens (tertiary/aromatic N) is 2. The second-order valence-electron chi connectivity index (χ2n) is 6.87. The summed E-state index contributed by atoms with van der Waals surface area (Å²) in [5, 5.41) is 0.869. The zero-order valence-electron chi connectivity index (χ0n) is 14.8. The summed E-state index contributed by atoms with van der Waals surface area (Å²) < 4.78 is 35.3. The highest BCUT2D eigenvalue weighted by atomic mass is 19.3. The topological polar surface area (TPSA) is 34.5 Å². The fraction of sp³-hybridized carbons (Fsp3) is 0.238. The molecule has 0 fully saturated rings. The number of para-hydroxylation sites is 1. The van der Waals surface area contributed by atoms with Crippen LogP contribution < -0.4 is 4.74 Å². The summed E-state index contributed by atoms with van der Waals surface area (Å²) in [6.45, 7) is 2.89. The monoisotopic (exact) mass is 352 g/mol. The molecule has 0 atom stereocenters. The first kappa shape index (κ1) is 16.6. The summed E-state index contributed by atoms with van der Waals surface area (Å²) in [6, 6.07) is 15.8. The van der Waals surface area contributed by atoms with Crippen LogP contribution in [0, 0.1) is 0 Å². The molecule has 0 aliphatic carbocycles. The quantitative estimate of drug-likeness (QED) is 0.653. The van der Waals surface area contributed by atoms with E-state index in [2.05, 4.69) is 9.98 Å². The highest BCUT2D eigenvalue weighted by Crippen LogP contribution is 2.46. The van der Waals surface area contributed by atoms with Crippen LogP contribution in [-0.4, -0.2) is 23.3 Å². The van der Waals surface area contributed by atoms with Crippen LogP contribution in [0.4, 0.5) is 8.78 Å². The predicted octanol–water partition coefficient (Wildman–Crippen LogP) is 4.96. The third-order valence-electron chi connectivity index (χ3n) is 4.82. The van der Waals surface area contributed by atoms with Gasteiger partial charge in [0.25, 0.3) is 5.92 Å². The van der Waals surface area contributed by atoms with Crippen molar-refractivity contribution >= 4 is 16.6 Å². The van der Waals surface area contributed by atoms with Crippen molar-refractivity contribution in [1.82, 2.24) is 4.98 Å². The van der Waals surface area contributed by atoms with Gasteiger partial charge >= 0.3 is 0 Å². The number of methoxy groups -OCH3 is 1. The molecule has 0 amide bonds. The van der Waals surface area contributed by atoms with E-state index in [1.165, 1.54) is 19.9 Å². The lowest BCUT2D eigenvalue weighted by molar-refractivity contribution is -0.0682. The first-order chi connectivity index (χ1) is 12.3. The van der Waals surface area contributed by atoms with Gasteiger partial charge in [-0.05, 0) is 26.0 Å². The summed E-state index contributed by atoms with van der Waals surface area (Å²) >= 11 is 0. The van der Waals surface area contributed by atoms with Gasteiger partial charge in [0.2, 0.25) is 0 Å². The standard InChI is InChI=1S/C21H18F2N2O/c1-20(2)21(22,23)15-10-6-4-8-13(15)19(25-20)17-12-18(26-3)14-9-5-7-11-16(14)24-17/h4-12H,1-3H3. The third kappa shape index (κ3) is 2.30. The summed E-state index contributed by atoms with van der Waals surface area (Å²) in [5.74, 6) is -2.42. The molecule has 132 valence electrons. The van der Waals surface area contributed by atoms with Gasteiger partial charge in [0.05, 0.1) is 24.0 Å². The molecule has 0 unspecified atom stereocenters. The second-order valence-corrected chi connectivity index (χ2v) is 6.87. The van der Waals surface area contributed by atoms with Crippen LogP contribution in [0.2, 0.25) is 0 Å². The van der Waals surface area contributed by atoms with Gasteiger partial charge in [-0.25, -0.2) is 4.98 Å². The molecular weight excluding hydrogens is 334 g/mol. The predicted molar refractivity (Wildman–Crippen MR) is 98.3 cm³/mol. The van der Waals surface area contributed by atoms with Gasteiger partial charge in [0.1, 0.15) is 11.3 Å². The fourth-order valence-electron chi connectivity index (χ4n) is 3.33. The Morgan fingerprint density at radius 1 is 0.962 bits per heavy atom. The molecular formula is C21H18F2N2O. The fourth-order valence-corrected chi connectivity index (χ4v) is 3.33. The lowest BCUT2D eigenvalue weighted by Gasteiger charge is -2.37. The van der Waals surface area contributed by atoms with Crippen molar-refractivity contribution in [2.75, 3.05) is 7.11 Å². The molecule has 3 aromatic rings. The van der Waals surface area contributed by atoms with Crippen LogP contribution >= 0.6 is 0 Å². The van der Waals surface area contributed by atoms with E-state index in [-0.39, 0.29) is 5.56 Å². The molecule has 1 aliphatic rings. The van der Waals surface area contributed by atoms with Crippen LogP contribution in [0.5, 0.6) is 5.75 Å². The highest BCUT2D eigenvalue weighted by molar-refractivity contribution is 6.14. The summed E-state index contributed by atoms with van der Waals surface area (Å²) in [6.07, 6.45) is 0. The molecule has 0 radical (unpaired) electrons. The molecule has 4 rings (SSSR count). The Bertz CT molecular complexity index is 1040. The van der Waals surface area contributed by atoms with Crippen LogP contribution in [0.15, 0.2) is 59.6 Å². The number of pyridine rings is 1. The first-order valence-electron chi connectivity index (χ1n) is 8.37. The van der Waals surface area contributed by atoms with Gasteiger partial charge in [-0.3, -0.25) is 4.99 Å². The molecule has 2 aromatic carbocycles. The van der Waals surface area contributed by atoms with E-state index in [4.69, 9.17) is 4.74 Å². The van der Waals surface area contributed by atoms with E-state index in [1.54, 1.807) is 31.4 Å². The Labute approximate surface area is 150 Å².